The summed E-state index contributed by atoms with van der Waals surface area (Å²) in [4.78, 5) is 23.8. The predicted molar refractivity (Wildman–Crippen MR) is 120 cm³/mol. The lowest BCUT2D eigenvalue weighted by atomic mass is 9.91. The Bertz CT molecular complexity index is 1050. The second-order valence-electron chi connectivity index (χ2n) is 8.14. The summed E-state index contributed by atoms with van der Waals surface area (Å²) < 4.78 is 0. The zero-order valence-electron chi connectivity index (χ0n) is 17.1. The molecule has 1 saturated heterocycles. The van der Waals surface area contributed by atoms with E-state index < -0.39 is 0 Å². The van der Waals surface area contributed by atoms with Crippen molar-refractivity contribution in [2.75, 3.05) is 13.1 Å². The third kappa shape index (κ3) is 4.44. The molecule has 0 aromatic heterocycles. The molecule has 0 saturated carbocycles. The molecule has 1 fully saturated rings. The summed E-state index contributed by atoms with van der Waals surface area (Å²) in [5, 5.41) is 14.9. The molecule has 4 nitrogen and oxygen atoms in total. The Morgan fingerprint density at radius 2 is 1.73 bits per heavy atom. The fourth-order valence-electron chi connectivity index (χ4n) is 4.36. The molecule has 0 amide bonds. The smallest absolute Gasteiger partial charge is 0.162 e. The molecule has 3 aromatic rings. The molecule has 154 valence electrons. The molecular formula is C26H27NO3. The van der Waals surface area contributed by atoms with Gasteiger partial charge in [-0.3, -0.25) is 9.59 Å². The number of aromatic hydroxyl groups is 1. The normalized spacial score (nSPS) is 14.7. The molecule has 0 bridgehead atoms. The molecule has 30 heavy (non-hydrogen) atoms. The number of carbonyl (C=O) groups is 2. The van der Waals surface area contributed by atoms with Gasteiger partial charge < -0.3 is 10.4 Å². The van der Waals surface area contributed by atoms with Crippen LogP contribution in [0.3, 0.4) is 0 Å². The zero-order chi connectivity index (χ0) is 20.9. The van der Waals surface area contributed by atoms with Crippen molar-refractivity contribution in [3.8, 4) is 16.9 Å². The molecule has 3 aromatic carbocycles. The highest BCUT2D eigenvalue weighted by molar-refractivity contribution is 6.02. The third-order valence-corrected chi connectivity index (χ3v) is 6.17. The van der Waals surface area contributed by atoms with Gasteiger partial charge in [-0.2, -0.15) is 0 Å². The van der Waals surface area contributed by atoms with Gasteiger partial charge in [-0.15, -0.1) is 0 Å². The minimum atomic E-state index is -0.00623. The monoisotopic (exact) mass is 401 g/mol. The van der Waals surface area contributed by atoms with E-state index in [2.05, 4.69) is 5.32 Å². The van der Waals surface area contributed by atoms with Crippen LogP contribution in [0.25, 0.3) is 21.9 Å². The number of aldehydes is 1. The van der Waals surface area contributed by atoms with Gasteiger partial charge in [0.2, 0.25) is 0 Å². The Hall–Kier alpha value is -2.98. The minimum absolute atomic E-state index is 0.00623. The maximum atomic E-state index is 12.5. The number of rotatable bonds is 7. The number of piperidine rings is 1. The highest BCUT2D eigenvalue weighted by Gasteiger charge is 2.14. The lowest BCUT2D eigenvalue weighted by Crippen LogP contribution is -2.27. The van der Waals surface area contributed by atoms with E-state index in [0.717, 1.165) is 59.3 Å². The molecule has 1 heterocycles. The number of fused-ring (bicyclic) bond motifs is 1. The number of benzene rings is 3. The summed E-state index contributed by atoms with van der Waals surface area (Å²) >= 11 is 0. The summed E-state index contributed by atoms with van der Waals surface area (Å²) in [6.07, 6.45) is 5.84. The van der Waals surface area contributed by atoms with Crippen LogP contribution in [0.15, 0.2) is 54.6 Å². The first-order valence-corrected chi connectivity index (χ1v) is 10.7. The van der Waals surface area contributed by atoms with Crippen LogP contribution in [-0.4, -0.2) is 30.3 Å². The molecule has 0 radical (unpaired) electrons. The fourth-order valence-corrected chi connectivity index (χ4v) is 4.36. The predicted octanol–water partition coefficient (Wildman–Crippen LogP) is 5.38. The maximum absolute atomic E-state index is 12.5. The number of hydrogen-bond donors (Lipinski definition) is 2. The molecule has 0 aliphatic carbocycles. The van der Waals surface area contributed by atoms with Crippen LogP contribution in [0.1, 0.15) is 52.8 Å². The standard InChI is InChI=1S/C26H27NO3/c28-17-24-23-10-8-21(16-22(23)9-11-26(24)30)19-4-6-20(7-5-19)25(29)3-1-2-18-12-14-27-15-13-18/h4-11,16-18,27,30H,1-3,12-15H2. The van der Waals surface area contributed by atoms with Gasteiger partial charge >= 0.3 is 0 Å². The van der Waals surface area contributed by atoms with E-state index in [9.17, 15) is 14.7 Å². The van der Waals surface area contributed by atoms with Gasteiger partial charge in [0.25, 0.3) is 0 Å². The number of phenols is 1. The maximum Gasteiger partial charge on any atom is 0.162 e. The van der Waals surface area contributed by atoms with E-state index in [1.54, 1.807) is 12.1 Å². The number of ketones is 1. The SMILES string of the molecule is O=Cc1c(O)ccc2cc(-c3ccc(C(=O)CCCC4CCNCC4)cc3)ccc12. The van der Waals surface area contributed by atoms with Gasteiger partial charge in [0, 0.05) is 12.0 Å². The Morgan fingerprint density at radius 3 is 2.47 bits per heavy atom. The third-order valence-electron chi connectivity index (χ3n) is 6.17. The lowest BCUT2D eigenvalue weighted by molar-refractivity contribution is 0.0976. The summed E-state index contributed by atoms with van der Waals surface area (Å²) in [5.41, 5.74) is 3.10. The van der Waals surface area contributed by atoms with Gasteiger partial charge in [0.05, 0.1) is 5.56 Å². The van der Waals surface area contributed by atoms with E-state index in [1.807, 2.05) is 42.5 Å². The van der Waals surface area contributed by atoms with Crippen LogP contribution in [0.5, 0.6) is 5.75 Å². The van der Waals surface area contributed by atoms with Crippen molar-refractivity contribution in [3.63, 3.8) is 0 Å². The second-order valence-corrected chi connectivity index (χ2v) is 8.14. The van der Waals surface area contributed by atoms with Crippen molar-refractivity contribution in [1.29, 1.82) is 0 Å². The van der Waals surface area contributed by atoms with Crippen LogP contribution in [0, 0.1) is 5.92 Å². The fraction of sp³-hybridized carbons (Fsp3) is 0.308. The van der Waals surface area contributed by atoms with Crippen molar-refractivity contribution in [2.24, 2.45) is 5.92 Å². The zero-order valence-corrected chi connectivity index (χ0v) is 17.1. The molecule has 1 aliphatic heterocycles. The van der Waals surface area contributed by atoms with Crippen LogP contribution in [0.4, 0.5) is 0 Å². The molecule has 4 heteroatoms. The lowest BCUT2D eigenvalue weighted by Gasteiger charge is -2.22. The summed E-state index contributed by atoms with van der Waals surface area (Å²) in [5.74, 6) is 0.962. The average molecular weight is 402 g/mol. The van der Waals surface area contributed by atoms with E-state index in [-0.39, 0.29) is 11.5 Å². The van der Waals surface area contributed by atoms with E-state index in [0.29, 0.717) is 18.3 Å². The van der Waals surface area contributed by atoms with Gasteiger partial charge in [0.1, 0.15) is 5.75 Å². The summed E-state index contributed by atoms with van der Waals surface area (Å²) in [7, 11) is 0. The Labute approximate surface area is 176 Å². The Morgan fingerprint density at radius 1 is 1.00 bits per heavy atom. The number of nitrogens with one attached hydrogen (secondary N) is 1. The van der Waals surface area contributed by atoms with Crippen molar-refractivity contribution >= 4 is 22.8 Å². The molecule has 2 N–H and O–H groups in total. The van der Waals surface area contributed by atoms with Crippen molar-refractivity contribution in [1.82, 2.24) is 5.32 Å². The van der Waals surface area contributed by atoms with Gasteiger partial charge in [-0.05, 0) is 78.7 Å². The first kappa shape index (κ1) is 20.3. The van der Waals surface area contributed by atoms with E-state index >= 15 is 0 Å². The Kier molecular flexibility index (Phi) is 6.24. The second kappa shape index (κ2) is 9.23. The van der Waals surface area contributed by atoms with Crippen molar-refractivity contribution in [3.05, 3.63) is 65.7 Å². The highest BCUT2D eigenvalue weighted by atomic mass is 16.3. The molecule has 1 aliphatic rings. The molecule has 4 rings (SSSR count). The molecular weight excluding hydrogens is 374 g/mol. The number of hydrogen-bond acceptors (Lipinski definition) is 4. The molecule has 0 unspecified atom stereocenters. The van der Waals surface area contributed by atoms with E-state index in [1.165, 1.54) is 12.8 Å². The largest absolute Gasteiger partial charge is 0.507 e. The van der Waals surface area contributed by atoms with Crippen LogP contribution >= 0.6 is 0 Å². The Balaban J connectivity index is 1.43. The number of carbonyl (C=O) groups excluding carboxylic acids is 2. The first-order valence-electron chi connectivity index (χ1n) is 10.7. The average Bonchev–Trinajstić information content (AvgIpc) is 2.79. The number of Topliss-reactive ketones (excluding diaryl/α,β-unsaturated/α-hetero) is 1. The molecule has 0 atom stereocenters. The van der Waals surface area contributed by atoms with Crippen molar-refractivity contribution < 1.29 is 14.7 Å². The van der Waals surface area contributed by atoms with Crippen LogP contribution in [-0.2, 0) is 0 Å². The van der Waals surface area contributed by atoms with Crippen LogP contribution in [0.2, 0.25) is 0 Å². The van der Waals surface area contributed by atoms with Gasteiger partial charge in [-0.25, -0.2) is 0 Å². The highest BCUT2D eigenvalue weighted by Crippen LogP contribution is 2.30. The van der Waals surface area contributed by atoms with Gasteiger partial charge in [-0.1, -0.05) is 42.5 Å². The van der Waals surface area contributed by atoms with Crippen molar-refractivity contribution in [2.45, 2.75) is 32.1 Å². The summed E-state index contributed by atoms with van der Waals surface area (Å²) in [6.45, 7) is 2.21. The number of phenolic OH excluding ortho intramolecular Hbond substituents is 1. The van der Waals surface area contributed by atoms with Gasteiger partial charge in [0.15, 0.2) is 12.1 Å². The minimum Gasteiger partial charge on any atom is -0.507 e. The first-order chi connectivity index (χ1) is 14.7. The summed E-state index contributed by atoms with van der Waals surface area (Å²) in [6, 6.07) is 16.9. The quantitative estimate of drug-likeness (QED) is 0.412. The topological polar surface area (TPSA) is 66.4 Å². The van der Waals surface area contributed by atoms with Crippen LogP contribution < -0.4 is 5.32 Å². The van der Waals surface area contributed by atoms with E-state index in [4.69, 9.17) is 0 Å². The molecule has 0 spiro atoms.